The molecule has 2 rings (SSSR count). The summed E-state index contributed by atoms with van der Waals surface area (Å²) in [7, 11) is 1.51. The van der Waals surface area contributed by atoms with E-state index < -0.39 is 12.0 Å². The van der Waals surface area contributed by atoms with Crippen LogP contribution in [0.3, 0.4) is 0 Å². The zero-order chi connectivity index (χ0) is 18.4. The van der Waals surface area contributed by atoms with Crippen LogP contribution in [0.5, 0.6) is 0 Å². The van der Waals surface area contributed by atoms with Gasteiger partial charge in [0.05, 0.1) is 12.5 Å². The van der Waals surface area contributed by atoms with Crippen LogP contribution in [0.2, 0.25) is 5.02 Å². The molecule has 0 aliphatic carbocycles. The molecule has 0 aliphatic heterocycles. The second kappa shape index (κ2) is 11.5. The van der Waals surface area contributed by atoms with Gasteiger partial charge in [-0.1, -0.05) is 29.8 Å². The average Bonchev–Trinajstić information content (AvgIpc) is 2.60. The van der Waals surface area contributed by atoms with Crippen molar-refractivity contribution >= 4 is 17.5 Å². The van der Waals surface area contributed by atoms with Gasteiger partial charge >= 0.3 is 51.4 Å². The predicted molar refractivity (Wildman–Crippen MR) is 95.5 cm³/mol. The Hall–Kier alpha value is -0.314. The molecule has 4 nitrogen and oxygen atoms in total. The molecule has 1 amide bonds. The molecule has 7 heteroatoms. The minimum absolute atomic E-state index is 0. The van der Waals surface area contributed by atoms with Gasteiger partial charge in [0.15, 0.2) is 0 Å². The molecule has 2 aromatic carbocycles. The molecule has 2 N–H and O–H groups in total. The van der Waals surface area contributed by atoms with Gasteiger partial charge < -0.3 is 6.16 Å². The van der Waals surface area contributed by atoms with Crippen molar-refractivity contribution in [2.45, 2.75) is 31.8 Å². The Labute approximate surface area is 201 Å². The number of halogens is 2. The van der Waals surface area contributed by atoms with Crippen LogP contribution < -0.4 is 56.9 Å². The number of carbonyl (C=O) groups is 1. The number of nitrogens with one attached hydrogen (secondary N) is 1. The Morgan fingerprint density at radius 2 is 1.96 bits per heavy atom. The molecule has 0 unspecified atom stereocenters. The van der Waals surface area contributed by atoms with Gasteiger partial charge in [-0.3, -0.25) is 10.0 Å². The summed E-state index contributed by atoms with van der Waals surface area (Å²) in [6.45, 7) is 1.96. The predicted octanol–water partition coefficient (Wildman–Crippen LogP) is 1.14. The molecular weight excluding hydrogens is 384 g/mol. The third-order valence-electron chi connectivity index (χ3n) is 4.31. The molecule has 0 saturated heterocycles. The Kier molecular flexibility index (Phi) is 10.5. The van der Waals surface area contributed by atoms with Crippen molar-refractivity contribution in [3.8, 4) is 0 Å². The van der Waals surface area contributed by atoms with E-state index in [2.05, 4.69) is 0 Å². The Morgan fingerprint density at radius 1 is 1.31 bits per heavy atom. The summed E-state index contributed by atoms with van der Waals surface area (Å²) in [6.07, 6.45) is 0.0979. The molecule has 0 aliphatic rings. The van der Waals surface area contributed by atoms with Crippen molar-refractivity contribution in [1.29, 1.82) is 0 Å². The number of hydrogen-bond donors (Lipinski definition) is 2. The minimum Gasteiger partial charge on any atom is -1.00 e. The third-order valence-corrected chi connectivity index (χ3v) is 4.54. The van der Waals surface area contributed by atoms with E-state index in [4.69, 9.17) is 21.5 Å². The van der Waals surface area contributed by atoms with Crippen LogP contribution in [0.4, 0.5) is 4.39 Å². The van der Waals surface area contributed by atoms with Gasteiger partial charge in [-0.25, -0.2) is 9.87 Å². The number of rotatable bonds is 7. The van der Waals surface area contributed by atoms with Crippen molar-refractivity contribution in [3.05, 3.63) is 70.0 Å². The van der Waals surface area contributed by atoms with E-state index in [-0.39, 0.29) is 71.0 Å². The quantitative estimate of drug-likeness (QED) is 0.412. The van der Waals surface area contributed by atoms with Gasteiger partial charge in [-0.2, -0.15) is 0 Å². The van der Waals surface area contributed by atoms with E-state index in [1.54, 1.807) is 17.6 Å². The number of hydroxylamine groups is 1. The maximum atomic E-state index is 13.3. The topological polar surface area (TPSA) is 58.6 Å². The van der Waals surface area contributed by atoms with Crippen LogP contribution in [-0.2, 0) is 16.0 Å². The van der Waals surface area contributed by atoms with Crippen LogP contribution in [0.15, 0.2) is 42.5 Å². The first-order valence-corrected chi connectivity index (χ1v) is 8.28. The fourth-order valence-electron chi connectivity index (χ4n) is 2.92. The summed E-state index contributed by atoms with van der Waals surface area (Å²) >= 11 is 6.02. The number of aryl methyl sites for hydroxylation is 1. The largest absolute Gasteiger partial charge is 1.00 e. The van der Waals surface area contributed by atoms with Crippen LogP contribution >= 0.6 is 11.6 Å². The second-order valence-electron chi connectivity index (χ2n) is 5.95. The van der Waals surface area contributed by atoms with Crippen LogP contribution in [-0.4, -0.2) is 24.3 Å². The standard InChI is InChI=1S/C19H21ClFNO3.K.H/c1-12-9-15(20)6-3-14(12)10-17(13-4-7-16(21)8-5-13)18(25-2)11-19(23)22-24;;/h3-9,17-18,24H,10-11H2,1-2H3,(H,22,23);;/q;+1;-1/t17-,18-;;/m1../s1. The summed E-state index contributed by atoms with van der Waals surface area (Å²) < 4.78 is 18.8. The number of amides is 1. The van der Waals surface area contributed by atoms with E-state index in [1.807, 2.05) is 25.1 Å². The van der Waals surface area contributed by atoms with Gasteiger partial charge in [0.25, 0.3) is 0 Å². The van der Waals surface area contributed by atoms with Crippen LogP contribution in [0.25, 0.3) is 0 Å². The van der Waals surface area contributed by atoms with Crippen molar-refractivity contribution in [1.82, 2.24) is 5.48 Å². The van der Waals surface area contributed by atoms with Gasteiger partial charge in [0.1, 0.15) is 5.82 Å². The smallest absolute Gasteiger partial charge is 1.00 e. The van der Waals surface area contributed by atoms with Crippen molar-refractivity contribution in [2.24, 2.45) is 0 Å². The molecule has 2 atom stereocenters. The summed E-state index contributed by atoms with van der Waals surface area (Å²) in [5.74, 6) is -1.05. The van der Waals surface area contributed by atoms with Gasteiger partial charge in [0.2, 0.25) is 5.91 Å². The first kappa shape index (κ1) is 23.7. The van der Waals surface area contributed by atoms with Crippen LogP contribution in [0, 0.1) is 12.7 Å². The normalized spacial score (nSPS) is 12.8. The Balaban J connectivity index is 0.00000338. The molecule has 2 aromatic rings. The first-order valence-electron chi connectivity index (χ1n) is 7.90. The van der Waals surface area contributed by atoms with Crippen molar-refractivity contribution in [3.63, 3.8) is 0 Å². The van der Waals surface area contributed by atoms with Gasteiger partial charge in [-0.05, 0) is 54.3 Å². The average molecular weight is 406 g/mol. The first-order chi connectivity index (χ1) is 11.9. The molecule has 0 radical (unpaired) electrons. The molecule has 136 valence electrons. The van der Waals surface area contributed by atoms with E-state index in [9.17, 15) is 9.18 Å². The molecule has 0 saturated carbocycles. The maximum Gasteiger partial charge on any atom is 1.00 e. The van der Waals surface area contributed by atoms with E-state index in [1.165, 1.54) is 19.2 Å². The Bertz CT molecular complexity index is 733. The maximum absolute atomic E-state index is 13.3. The fraction of sp³-hybridized carbons (Fsp3) is 0.316. The summed E-state index contributed by atoms with van der Waals surface area (Å²) in [6, 6.07) is 11.8. The SMILES string of the molecule is CO[C@H](CC(=O)NO)[C@H](Cc1ccc(Cl)cc1C)c1ccc(F)cc1.[H-].[K+]. The summed E-state index contributed by atoms with van der Waals surface area (Å²) in [4.78, 5) is 11.6. The number of carbonyl (C=O) groups excluding carboxylic acids is 1. The fourth-order valence-corrected chi connectivity index (χ4v) is 3.14. The molecule has 0 fully saturated rings. The zero-order valence-electron chi connectivity index (χ0n) is 16.1. The number of benzene rings is 2. The van der Waals surface area contributed by atoms with Crippen LogP contribution in [0.1, 0.15) is 30.5 Å². The summed E-state index contributed by atoms with van der Waals surface area (Å²) in [5.41, 5.74) is 4.58. The van der Waals surface area contributed by atoms with Gasteiger partial charge in [0, 0.05) is 18.1 Å². The molecule has 0 spiro atoms. The van der Waals surface area contributed by atoms with Crippen molar-refractivity contribution in [2.75, 3.05) is 7.11 Å². The van der Waals surface area contributed by atoms with E-state index >= 15 is 0 Å². The third kappa shape index (κ3) is 6.69. The molecule has 0 aromatic heterocycles. The zero-order valence-corrected chi connectivity index (χ0v) is 19.0. The molecule has 0 heterocycles. The second-order valence-corrected chi connectivity index (χ2v) is 6.38. The van der Waals surface area contributed by atoms with Crippen molar-refractivity contribution < 1.29 is 71.9 Å². The van der Waals surface area contributed by atoms with E-state index in [0.717, 1.165) is 16.7 Å². The molecule has 0 bridgehead atoms. The number of hydrogen-bond acceptors (Lipinski definition) is 3. The Morgan fingerprint density at radius 3 is 2.50 bits per heavy atom. The summed E-state index contributed by atoms with van der Waals surface area (Å²) in [5, 5.41) is 9.47. The van der Waals surface area contributed by atoms with Gasteiger partial charge in [-0.15, -0.1) is 0 Å². The minimum atomic E-state index is -0.535. The van der Waals surface area contributed by atoms with E-state index in [0.29, 0.717) is 11.4 Å². The number of methoxy groups -OCH3 is 1. The number of ether oxygens (including phenoxy) is 1. The molecule has 26 heavy (non-hydrogen) atoms. The molecular formula is C19H22ClFKNO3. The monoisotopic (exact) mass is 405 g/mol.